The lowest BCUT2D eigenvalue weighted by Crippen LogP contribution is -2.30. The molecule has 0 unspecified atom stereocenters. The van der Waals surface area contributed by atoms with E-state index in [2.05, 4.69) is 21.2 Å². The van der Waals surface area contributed by atoms with Gasteiger partial charge in [-0.15, -0.1) is 0 Å². The summed E-state index contributed by atoms with van der Waals surface area (Å²) in [6, 6.07) is 3.47. The topological polar surface area (TPSA) is 38.0 Å². The number of hydrogen-bond acceptors (Lipinski definition) is 2. The molecule has 4 heteroatoms. The third-order valence-electron chi connectivity index (χ3n) is 3.37. The summed E-state index contributed by atoms with van der Waals surface area (Å²) in [5.74, 6) is -0.244. The van der Waals surface area contributed by atoms with Crippen LogP contribution in [0.4, 0.5) is 10.1 Å². The second-order valence-corrected chi connectivity index (χ2v) is 5.53. The summed E-state index contributed by atoms with van der Waals surface area (Å²) >= 11 is 3.27. The van der Waals surface area contributed by atoms with Crippen LogP contribution in [0, 0.1) is 5.82 Å². The summed E-state index contributed by atoms with van der Waals surface area (Å²) in [7, 11) is 0. The highest BCUT2D eigenvalue weighted by molar-refractivity contribution is 9.10. The Labute approximate surface area is 110 Å². The molecule has 2 nitrogen and oxygen atoms in total. The highest BCUT2D eigenvalue weighted by Gasteiger charge is 2.13. The zero-order valence-corrected chi connectivity index (χ0v) is 11.4. The van der Waals surface area contributed by atoms with Gasteiger partial charge in [-0.05, 0) is 46.5 Å². The standard InChI is InChI=1S/C13H18BrFN2/c14-12-7-10(15)6-9(13(12)16)8-17-11-4-2-1-3-5-11/h6-7,11,17H,1-5,8,16H2. The molecule has 1 aromatic carbocycles. The molecule has 0 heterocycles. The lowest BCUT2D eigenvalue weighted by atomic mass is 9.95. The average Bonchev–Trinajstić information content (AvgIpc) is 2.33. The van der Waals surface area contributed by atoms with Gasteiger partial charge in [-0.2, -0.15) is 0 Å². The minimum absolute atomic E-state index is 0.244. The fourth-order valence-electron chi connectivity index (χ4n) is 2.35. The molecular formula is C13H18BrFN2. The lowest BCUT2D eigenvalue weighted by molar-refractivity contribution is 0.372. The minimum Gasteiger partial charge on any atom is -0.398 e. The van der Waals surface area contributed by atoms with Crippen LogP contribution in [0.5, 0.6) is 0 Å². The Morgan fingerprint density at radius 2 is 2.00 bits per heavy atom. The zero-order valence-electron chi connectivity index (χ0n) is 9.81. The Morgan fingerprint density at radius 3 is 2.71 bits per heavy atom. The Bertz CT molecular complexity index is 389. The van der Waals surface area contributed by atoms with Gasteiger partial charge >= 0.3 is 0 Å². The number of benzene rings is 1. The van der Waals surface area contributed by atoms with E-state index in [1.807, 2.05) is 0 Å². The first-order chi connectivity index (χ1) is 8.16. The second kappa shape index (κ2) is 5.83. The molecule has 0 aliphatic heterocycles. The molecule has 1 fully saturated rings. The molecule has 3 N–H and O–H groups in total. The predicted octanol–water partition coefficient (Wildman–Crippen LogP) is 3.59. The van der Waals surface area contributed by atoms with Crippen molar-refractivity contribution in [2.45, 2.75) is 44.7 Å². The molecule has 17 heavy (non-hydrogen) atoms. The van der Waals surface area contributed by atoms with E-state index in [9.17, 15) is 4.39 Å². The third-order valence-corrected chi connectivity index (χ3v) is 4.02. The summed E-state index contributed by atoms with van der Waals surface area (Å²) in [5.41, 5.74) is 7.38. The molecule has 1 saturated carbocycles. The maximum atomic E-state index is 13.3. The van der Waals surface area contributed by atoms with E-state index in [4.69, 9.17) is 5.73 Å². The van der Waals surface area contributed by atoms with Crippen LogP contribution in [0.1, 0.15) is 37.7 Å². The molecule has 0 saturated heterocycles. The number of nitrogens with one attached hydrogen (secondary N) is 1. The number of rotatable bonds is 3. The molecule has 0 spiro atoms. The van der Waals surface area contributed by atoms with Gasteiger partial charge in [0.25, 0.3) is 0 Å². The normalized spacial score (nSPS) is 17.3. The number of hydrogen-bond donors (Lipinski definition) is 2. The fraction of sp³-hybridized carbons (Fsp3) is 0.538. The molecule has 0 aromatic heterocycles. The maximum absolute atomic E-state index is 13.3. The summed E-state index contributed by atoms with van der Waals surface area (Å²) in [5, 5.41) is 3.47. The van der Waals surface area contributed by atoms with Crippen molar-refractivity contribution in [1.82, 2.24) is 5.32 Å². The van der Waals surface area contributed by atoms with Crippen molar-refractivity contribution in [3.8, 4) is 0 Å². The number of anilines is 1. The van der Waals surface area contributed by atoms with Crippen LogP contribution in [-0.2, 0) is 6.54 Å². The van der Waals surface area contributed by atoms with Crippen LogP contribution in [0.3, 0.4) is 0 Å². The van der Waals surface area contributed by atoms with Gasteiger partial charge in [0.1, 0.15) is 5.82 Å². The summed E-state index contributed by atoms with van der Waals surface area (Å²) in [4.78, 5) is 0. The van der Waals surface area contributed by atoms with E-state index in [0.717, 1.165) is 5.56 Å². The molecule has 0 atom stereocenters. The van der Waals surface area contributed by atoms with Crippen LogP contribution >= 0.6 is 15.9 Å². The molecule has 94 valence electrons. The molecule has 1 aliphatic rings. The van der Waals surface area contributed by atoms with Gasteiger partial charge in [0.05, 0.1) is 5.69 Å². The van der Waals surface area contributed by atoms with Gasteiger partial charge in [-0.25, -0.2) is 4.39 Å². The van der Waals surface area contributed by atoms with Crippen LogP contribution in [0.25, 0.3) is 0 Å². The van der Waals surface area contributed by atoms with Crippen LogP contribution in [-0.4, -0.2) is 6.04 Å². The summed E-state index contributed by atoms with van der Waals surface area (Å²) < 4.78 is 13.9. The quantitative estimate of drug-likeness (QED) is 0.837. The van der Waals surface area contributed by atoms with Crippen molar-refractivity contribution in [3.63, 3.8) is 0 Å². The third kappa shape index (κ3) is 3.42. The molecule has 0 amide bonds. The van der Waals surface area contributed by atoms with E-state index in [1.165, 1.54) is 44.2 Å². The first-order valence-electron chi connectivity index (χ1n) is 6.13. The number of nitrogen functional groups attached to an aromatic ring is 1. The van der Waals surface area contributed by atoms with Gasteiger partial charge in [0.15, 0.2) is 0 Å². The van der Waals surface area contributed by atoms with Crippen molar-refractivity contribution < 1.29 is 4.39 Å². The molecular weight excluding hydrogens is 283 g/mol. The second-order valence-electron chi connectivity index (χ2n) is 4.68. The molecule has 1 aliphatic carbocycles. The van der Waals surface area contributed by atoms with Crippen LogP contribution in [0.15, 0.2) is 16.6 Å². The Morgan fingerprint density at radius 1 is 1.29 bits per heavy atom. The van der Waals surface area contributed by atoms with Crippen LogP contribution in [0.2, 0.25) is 0 Å². The molecule has 0 bridgehead atoms. The van der Waals surface area contributed by atoms with E-state index >= 15 is 0 Å². The summed E-state index contributed by atoms with van der Waals surface area (Å²) in [6.45, 7) is 0.646. The van der Waals surface area contributed by atoms with Crippen molar-refractivity contribution in [2.75, 3.05) is 5.73 Å². The average molecular weight is 301 g/mol. The van der Waals surface area contributed by atoms with Crippen molar-refractivity contribution in [2.24, 2.45) is 0 Å². The SMILES string of the molecule is Nc1c(Br)cc(F)cc1CNC1CCCCC1. The van der Waals surface area contributed by atoms with E-state index in [-0.39, 0.29) is 5.82 Å². The Balaban J connectivity index is 1.98. The minimum atomic E-state index is -0.244. The maximum Gasteiger partial charge on any atom is 0.124 e. The first-order valence-corrected chi connectivity index (χ1v) is 6.93. The smallest absolute Gasteiger partial charge is 0.124 e. The van der Waals surface area contributed by atoms with Crippen molar-refractivity contribution >= 4 is 21.6 Å². The van der Waals surface area contributed by atoms with Gasteiger partial charge in [-0.1, -0.05) is 19.3 Å². The number of nitrogens with two attached hydrogens (primary N) is 1. The van der Waals surface area contributed by atoms with E-state index in [1.54, 1.807) is 0 Å². The first kappa shape index (κ1) is 12.8. The Kier molecular flexibility index (Phi) is 4.40. The predicted molar refractivity (Wildman–Crippen MR) is 72.2 cm³/mol. The van der Waals surface area contributed by atoms with Crippen LogP contribution < -0.4 is 11.1 Å². The van der Waals surface area contributed by atoms with Gasteiger partial charge in [0, 0.05) is 17.1 Å². The largest absolute Gasteiger partial charge is 0.398 e. The highest BCUT2D eigenvalue weighted by atomic mass is 79.9. The molecule has 0 radical (unpaired) electrons. The van der Waals surface area contributed by atoms with Crippen molar-refractivity contribution in [1.29, 1.82) is 0 Å². The van der Waals surface area contributed by atoms with Crippen molar-refractivity contribution in [3.05, 3.63) is 28.0 Å². The lowest BCUT2D eigenvalue weighted by Gasteiger charge is -2.23. The fourth-order valence-corrected chi connectivity index (χ4v) is 2.82. The highest BCUT2D eigenvalue weighted by Crippen LogP contribution is 2.25. The number of halogens is 2. The zero-order chi connectivity index (χ0) is 12.3. The van der Waals surface area contributed by atoms with E-state index in [0.29, 0.717) is 22.7 Å². The molecule has 2 rings (SSSR count). The van der Waals surface area contributed by atoms with Gasteiger partial charge in [0.2, 0.25) is 0 Å². The van der Waals surface area contributed by atoms with Gasteiger partial charge in [-0.3, -0.25) is 0 Å². The monoisotopic (exact) mass is 300 g/mol. The molecule has 1 aromatic rings. The Hall–Kier alpha value is -0.610. The van der Waals surface area contributed by atoms with Gasteiger partial charge < -0.3 is 11.1 Å². The van der Waals surface area contributed by atoms with E-state index < -0.39 is 0 Å². The summed E-state index contributed by atoms with van der Waals surface area (Å²) in [6.07, 6.45) is 6.36.